The van der Waals surface area contributed by atoms with E-state index < -0.39 is 0 Å². The van der Waals surface area contributed by atoms with Gasteiger partial charge in [-0.3, -0.25) is 4.79 Å². The van der Waals surface area contributed by atoms with Crippen molar-refractivity contribution in [2.45, 2.75) is 26.2 Å². The van der Waals surface area contributed by atoms with E-state index in [2.05, 4.69) is 11.0 Å². The molecule has 2 heterocycles. The first-order valence-corrected chi connectivity index (χ1v) is 6.00. The van der Waals surface area contributed by atoms with Gasteiger partial charge in [-0.1, -0.05) is 0 Å². The first-order chi connectivity index (χ1) is 6.79. The molecule has 0 N–H and O–H groups in total. The van der Waals surface area contributed by atoms with Crippen molar-refractivity contribution < 1.29 is 4.79 Å². The molecular weight excluding hydrogens is 194 g/mol. The SMILES string of the molecule is CC(=O)c1sccc1N1CCCCC1. The van der Waals surface area contributed by atoms with E-state index in [4.69, 9.17) is 0 Å². The van der Waals surface area contributed by atoms with Crippen LogP contribution in [0.1, 0.15) is 35.9 Å². The molecule has 3 heteroatoms. The third kappa shape index (κ3) is 1.82. The lowest BCUT2D eigenvalue weighted by molar-refractivity contribution is 0.102. The van der Waals surface area contributed by atoms with E-state index in [1.807, 2.05) is 5.38 Å². The lowest BCUT2D eigenvalue weighted by Gasteiger charge is -2.28. The summed E-state index contributed by atoms with van der Waals surface area (Å²) in [5.74, 6) is 0.195. The van der Waals surface area contributed by atoms with Crippen LogP contribution in [0.5, 0.6) is 0 Å². The lowest BCUT2D eigenvalue weighted by Crippen LogP contribution is -2.29. The minimum absolute atomic E-state index is 0.195. The number of hydrogen-bond donors (Lipinski definition) is 0. The molecule has 76 valence electrons. The van der Waals surface area contributed by atoms with Gasteiger partial charge in [0.15, 0.2) is 5.78 Å². The van der Waals surface area contributed by atoms with E-state index in [1.54, 1.807) is 18.3 Å². The number of hydrogen-bond acceptors (Lipinski definition) is 3. The topological polar surface area (TPSA) is 20.3 Å². The second-order valence-electron chi connectivity index (χ2n) is 3.74. The number of carbonyl (C=O) groups is 1. The normalized spacial score (nSPS) is 17.1. The summed E-state index contributed by atoms with van der Waals surface area (Å²) in [6, 6.07) is 2.08. The van der Waals surface area contributed by atoms with Crippen LogP contribution in [0.25, 0.3) is 0 Å². The highest BCUT2D eigenvalue weighted by Gasteiger charge is 2.17. The van der Waals surface area contributed by atoms with Crippen molar-refractivity contribution in [2.24, 2.45) is 0 Å². The van der Waals surface area contributed by atoms with Gasteiger partial charge in [-0.25, -0.2) is 0 Å². The van der Waals surface area contributed by atoms with E-state index in [9.17, 15) is 4.79 Å². The highest BCUT2D eigenvalue weighted by atomic mass is 32.1. The predicted octanol–water partition coefficient (Wildman–Crippen LogP) is 2.94. The van der Waals surface area contributed by atoms with Crippen LogP contribution in [0.3, 0.4) is 0 Å². The van der Waals surface area contributed by atoms with Gasteiger partial charge < -0.3 is 4.90 Å². The Balaban J connectivity index is 2.21. The number of nitrogens with zero attached hydrogens (tertiary/aromatic N) is 1. The molecule has 2 rings (SSSR count). The summed E-state index contributed by atoms with van der Waals surface area (Å²) in [5.41, 5.74) is 1.15. The smallest absolute Gasteiger partial charge is 0.171 e. The zero-order chi connectivity index (χ0) is 9.97. The molecule has 1 saturated heterocycles. The number of rotatable bonds is 2. The van der Waals surface area contributed by atoms with Gasteiger partial charge in [0, 0.05) is 20.0 Å². The monoisotopic (exact) mass is 209 g/mol. The average Bonchev–Trinajstić information content (AvgIpc) is 2.67. The minimum Gasteiger partial charge on any atom is -0.370 e. The van der Waals surface area contributed by atoms with E-state index in [1.165, 1.54) is 19.3 Å². The Hall–Kier alpha value is -0.830. The zero-order valence-corrected chi connectivity index (χ0v) is 9.27. The molecule has 1 aliphatic rings. The summed E-state index contributed by atoms with van der Waals surface area (Å²) >= 11 is 1.56. The van der Waals surface area contributed by atoms with E-state index in [0.29, 0.717) is 0 Å². The molecule has 0 saturated carbocycles. The maximum atomic E-state index is 11.4. The lowest BCUT2D eigenvalue weighted by atomic mass is 10.1. The van der Waals surface area contributed by atoms with E-state index in [-0.39, 0.29) is 5.78 Å². The highest BCUT2D eigenvalue weighted by Crippen LogP contribution is 2.28. The molecule has 0 amide bonds. The van der Waals surface area contributed by atoms with Gasteiger partial charge in [-0.05, 0) is 30.7 Å². The molecule has 1 fully saturated rings. The molecule has 14 heavy (non-hydrogen) atoms. The van der Waals surface area contributed by atoms with Crippen LogP contribution in [0.4, 0.5) is 5.69 Å². The summed E-state index contributed by atoms with van der Waals surface area (Å²) < 4.78 is 0. The third-order valence-electron chi connectivity index (χ3n) is 2.66. The molecular formula is C11H15NOS. The van der Waals surface area contributed by atoms with Crippen molar-refractivity contribution in [3.63, 3.8) is 0 Å². The Morgan fingerprint density at radius 2 is 2.07 bits per heavy atom. The quantitative estimate of drug-likeness (QED) is 0.698. The van der Waals surface area contributed by atoms with Crippen molar-refractivity contribution in [1.29, 1.82) is 0 Å². The van der Waals surface area contributed by atoms with Crippen LogP contribution in [-0.2, 0) is 0 Å². The molecule has 1 aromatic rings. The van der Waals surface area contributed by atoms with Gasteiger partial charge in [0.05, 0.1) is 10.6 Å². The molecule has 0 aliphatic carbocycles. The standard InChI is InChI=1S/C11H15NOS/c1-9(13)11-10(5-8-14-11)12-6-3-2-4-7-12/h5,8H,2-4,6-7H2,1H3. The zero-order valence-electron chi connectivity index (χ0n) is 8.45. The Labute approximate surface area is 88.5 Å². The second kappa shape index (κ2) is 4.13. The predicted molar refractivity (Wildman–Crippen MR) is 60.4 cm³/mol. The maximum absolute atomic E-state index is 11.4. The fourth-order valence-electron chi connectivity index (χ4n) is 1.95. The second-order valence-corrected chi connectivity index (χ2v) is 4.65. The van der Waals surface area contributed by atoms with Gasteiger partial charge >= 0.3 is 0 Å². The van der Waals surface area contributed by atoms with Crippen LogP contribution in [0, 0.1) is 0 Å². The fourth-order valence-corrected chi connectivity index (χ4v) is 2.77. The number of Topliss-reactive ketones (excluding diaryl/α,β-unsaturated/α-hetero) is 1. The van der Waals surface area contributed by atoms with Crippen LogP contribution in [0.2, 0.25) is 0 Å². The number of carbonyl (C=O) groups excluding carboxylic acids is 1. The average molecular weight is 209 g/mol. The molecule has 2 nitrogen and oxygen atoms in total. The molecule has 0 aromatic carbocycles. The Kier molecular flexibility index (Phi) is 2.87. The van der Waals surface area contributed by atoms with Crippen molar-refractivity contribution in [3.05, 3.63) is 16.3 Å². The Morgan fingerprint density at radius 3 is 2.71 bits per heavy atom. The highest BCUT2D eigenvalue weighted by molar-refractivity contribution is 7.12. The summed E-state index contributed by atoms with van der Waals surface area (Å²) in [5, 5.41) is 2.01. The van der Waals surface area contributed by atoms with Gasteiger partial charge in [0.2, 0.25) is 0 Å². The summed E-state index contributed by atoms with van der Waals surface area (Å²) in [6.45, 7) is 3.87. The first-order valence-electron chi connectivity index (χ1n) is 5.12. The number of anilines is 1. The Bertz CT molecular complexity index is 326. The van der Waals surface area contributed by atoms with Crippen molar-refractivity contribution in [2.75, 3.05) is 18.0 Å². The summed E-state index contributed by atoms with van der Waals surface area (Å²) in [7, 11) is 0. The summed E-state index contributed by atoms with van der Waals surface area (Å²) in [6.07, 6.45) is 3.84. The Morgan fingerprint density at radius 1 is 1.36 bits per heavy atom. The largest absolute Gasteiger partial charge is 0.370 e. The molecule has 0 atom stereocenters. The first kappa shape index (κ1) is 9.71. The van der Waals surface area contributed by atoms with Crippen molar-refractivity contribution >= 4 is 22.8 Å². The number of ketones is 1. The van der Waals surface area contributed by atoms with E-state index >= 15 is 0 Å². The number of thiophene rings is 1. The molecule has 0 radical (unpaired) electrons. The van der Waals surface area contributed by atoms with Crippen LogP contribution in [0.15, 0.2) is 11.4 Å². The fraction of sp³-hybridized carbons (Fsp3) is 0.545. The van der Waals surface area contributed by atoms with Crippen LogP contribution in [-0.4, -0.2) is 18.9 Å². The van der Waals surface area contributed by atoms with Crippen molar-refractivity contribution in [3.8, 4) is 0 Å². The van der Waals surface area contributed by atoms with Gasteiger partial charge in [0.25, 0.3) is 0 Å². The van der Waals surface area contributed by atoms with Crippen molar-refractivity contribution in [1.82, 2.24) is 0 Å². The third-order valence-corrected chi connectivity index (χ3v) is 3.67. The van der Waals surface area contributed by atoms with Crippen LogP contribution < -0.4 is 4.90 Å². The summed E-state index contributed by atoms with van der Waals surface area (Å²) in [4.78, 5) is 14.6. The molecule has 0 bridgehead atoms. The van der Waals surface area contributed by atoms with Gasteiger partial charge in [0.1, 0.15) is 0 Å². The van der Waals surface area contributed by atoms with Crippen LogP contribution >= 0.6 is 11.3 Å². The molecule has 0 spiro atoms. The minimum atomic E-state index is 0.195. The van der Waals surface area contributed by atoms with Gasteiger partial charge in [-0.15, -0.1) is 11.3 Å². The molecule has 0 unspecified atom stereocenters. The molecule has 1 aromatic heterocycles. The van der Waals surface area contributed by atoms with Gasteiger partial charge in [-0.2, -0.15) is 0 Å². The van der Waals surface area contributed by atoms with E-state index in [0.717, 1.165) is 23.7 Å². The maximum Gasteiger partial charge on any atom is 0.171 e. The number of piperidine rings is 1. The molecule has 1 aliphatic heterocycles.